The number of benzene rings is 1. The molecule has 2 rings (SSSR count). The van der Waals surface area contributed by atoms with Crippen LogP contribution in [0.1, 0.15) is 38.1 Å². The summed E-state index contributed by atoms with van der Waals surface area (Å²) in [4.78, 5) is 47.5. The van der Waals surface area contributed by atoms with Gasteiger partial charge in [0.1, 0.15) is 5.00 Å². The molecule has 0 saturated heterocycles. The topological polar surface area (TPSA) is 142 Å². The first-order valence-corrected chi connectivity index (χ1v) is 10.2. The third kappa shape index (κ3) is 5.33. The van der Waals surface area contributed by atoms with E-state index in [1.165, 1.54) is 23.5 Å². The summed E-state index contributed by atoms with van der Waals surface area (Å²) in [6.07, 6.45) is 0. The predicted octanol–water partition coefficient (Wildman–Crippen LogP) is 3.28. The molecule has 1 aromatic carbocycles. The summed E-state index contributed by atoms with van der Waals surface area (Å²) in [5, 5.41) is 14.3. The van der Waals surface area contributed by atoms with Crippen LogP contribution in [-0.4, -0.2) is 35.1 Å². The number of hydrogen-bond donors (Lipinski definition) is 2. The van der Waals surface area contributed by atoms with Crippen molar-refractivity contribution in [2.24, 2.45) is 5.73 Å². The van der Waals surface area contributed by atoms with Crippen LogP contribution in [0.5, 0.6) is 0 Å². The van der Waals surface area contributed by atoms with Crippen molar-refractivity contribution in [1.29, 1.82) is 0 Å². The number of nitrogens with zero attached hydrogens (tertiary/aromatic N) is 1. The van der Waals surface area contributed by atoms with Crippen molar-refractivity contribution in [2.45, 2.75) is 25.7 Å². The SMILES string of the molecule is CCOC(=O)c1c(NC(=O)CSc2ccc(C(N)=O)cc2[N+](=O)[O-])sc(C)c1C. The molecule has 0 aliphatic rings. The van der Waals surface area contributed by atoms with Gasteiger partial charge in [0.25, 0.3) is 5.69 Å². The third-order valence-corrected chi connectivity index (χ3v) is 6.10. The Kier molecular flexibility index (Phi) is 7.35. The van der Waals surface area contributed by atoms with Crippen molar-refractivity contribution in [3.05, 3.63) is 49.9 Å². The van der Waals surface area contributed by atoms with Crippen molar-refractivity contribution in [1.82, 2.24) is 0 Å². The zero-order valence-electron chi connectivity index (χ0n) is 15.9. The molecule has 0 fully saturated rings. The van der Waals surface area contributed by atoms with Gasteiger partial charge in [0.05, 0.1) is 27.7 Å². The molecular weight excluding hydrogens is 418 g/mol. The number of ether oxygens (including phenoxy) is 1. The molecule has 2 aromatic rings. The maximum absolute atomic E-state index is 12.4. The highest BCUT2D eigenvalue weighted by atomic mass is 32.2. The Morgan fingerprint density at radius 2 is 2.00 bits per heavy atom. The van der Waals surface area contributed by atoms with E-state index >= 15 is 0 Å². The van der Waals surface area contributed by atoms with Crippen LogP contribution in [0.3, 0.4) is 0 Å². The molecular formula is C18H19N3O6S2. The van der Waals surface area contributed by atoms with E-state index in [2.05, 4.69) is 5.32 Å². The van der Waals surface area contributed by atoms with Gasteiger partial charge >= 0.3 is 5.97 Å². The molecule has 154 valence electrons. The number of amides is 2. The van der Waals surface area contributed by atoms with Gasteiger partial charge in [0.15, 0.2) is 0 Å². The van der Waals surface area contributed by atoms with Gasteiger partial charge in [-0.2, -0.15) is 0 Å². The third-order valence-electron chi connectivity index (χ3n) is 3.92. The monoisotopic (exact) mass is 437 g/mol. The second-order valence-corrected chi connectivity index (χ2v) is 8.09. The van der Waals surface area contributed by atoms with Crippen molar-refractivity contribution in [3.8, 4) is 0 Å². The molecule has 0 radical (unpaired) electrons. The van der Waals surface area contributed by atoms with Crippen LogP contribution in [0, 0.1) is 24.0 Å². The molecule has 29 heavy (non-hydrogen) atoms. The Bertz CT molecular complexity index is 986. The van der Waals surface area contributed by atoms with Crippen LogP contribution >= 0.6 is 23.1 Å². The first-order valence-electron chi connectivity index (χ1n) is 8.43. The number of nitro groups is 1. The lowest BCUT2D eigenvalue weighted by Gasteiger charge is -2.08. The van der Waals surface area contributed by atoms with Crippen molar-refractivity contribution < 1.29 is 24.0 Å². The number of primary amides is 1. The van der Waals surface area contributed by atoms with Crippen LogP contribution in [0.15, 0.2) is 23.1 Å². The number of thiophene rings is 1. The molecule has 9 nitrogen and oxygen atoms in total. The molecule has 0 aliphatic heterocycles. The first-order chi connectivity index (χ1) is 13.6. The Hall–Kier alpha value is -2.92. The summed E-state index contributed by atoms with van der Waals surface area (Å²) in [5.74, 6) is -1.86. The predicted molar refractivity (Wildman–Crippen MR) is 111 cm³/mol. The zero-order valence-corrected chi connectivity index (χ0v) is 17.6. The quantitative estimate of drug-likeness (QED) is 0.279. The van der Waals surface area contributed by atoms with Crippen LogP contribution in [0.25, 0.3) is 0 Å². The summed E-state index contributed by atoms with van der Waals surface area (Å²) in [5.41, 5.74) is 5.88. The summed E-state index contributed by atoms with van der Waals surface area (Å²) in [6, 6.07) is 3.81. The molecule has 0 spiro atoms. The Morgan fingerprint density at radius 3 is 2.59 bits per heavy atom. The van der Waals surface area contributed by atoms with Gasteiger partial charge in [-0.1, -0.05) is 0 Å². The normalized spacial score (nSPS) is 10.4. The lowest BCUT2D eigenvalue weighted by Crippen LogP contribution is -2.16. The van der Waals surface area contributed by atoms with E-state index in [0.29, 0.717) is 10.6 Å². The van der Waals surface area contributed by atoms with Crippen LogP contribution in [0.4, 0.5) is 10.7 Å². The second kappa shape index (κ2) is 9.52. The van der Waals surface area contributed by atoms with E-state index in [4.69, 9.17) is 10.5 Å². The Labute approximate surface area is 174 Å². The van der Waals surface area contributed by atoms with Gasteiger partial charge in [-0.05, 0) is 38.5 Å². The standard InChI is InChI=1S/C18H19N3O6S2/c1-4-27-18(24)15-9(2)10(3)29-17(15)20-14(22)8-28-13-6-5-11(16(19)23)7-12(13)21(25)26/h5-7H,4,8H2,1-3H3,(H2,19,23)(H,20,22). The smallest absolute Gasteiger partial charge is 0.341 e. The number of nitro benzene ring substituents is 1. The lowest BCUT2D eigenvalue weighted by atomic mass is 10.1. The number of nitrogens with two attached hydrogens (primary N) is 1. The van der Waals surface area contributed by atoms with Crippen molar-refractivity contribution >= 4 is 51.6 Å². The van der Waals surface area contributed by atoms with Gasteiger partial charge < -0.3 is 15.8 Å². The molecule has 0 saturated carbocycles. The van der Waals surface area contributed by atoms with Gasteiger partial charge in [0.2, 0.25) is 11.8 Å². The first kappa shape index (κ1) is 22.4. The Balaban J connectivity index is 2.15. The highest BCUT2D eigenvalue weighted by molar-refractivity contribution is 8.00. The number of nitrogens with one attached hydrogen (secondary N) is 1. The highest BCUT2D eigenvalue weighted by Gasteiger charge is 2.23. The molecule has 0 atom stereocenters. The molecule has 3 N–H and O–H groups in total. The average Bonchev–Trinajstić information content (AvgIpc) is 2.93. The van der Waals surface area contributed by atoms with Gasteiger partial charge in [0, 0.05) is 16.5 Å². The molecule has 1 aromatic heterocycles. The number of thioether (sulfide) groups is 1. The van der Waals surface area contributed by atoms with E-state index in [1.54, 1.807) is 13.8 Å². The fraction of sp³-hybridized carbons (Fsp3) is 0.278. The Morgan fingerprint density at radius 1 is 1.31 bits per heavy atom. The minimum atomic E-state index is -0.780. The van der Waals surface area contributed by atoms with E-state index in [-0.39, 0.29) is 28.5 Å². The number of anilines is 1. The molecule has 0 aliphatic carbocycles. The van der Waals surface area contributed by atoms with Crippen LogP contribution in [0.2, 0.25) is 0 Å². The van der Waals surface area contributed by atoms with Crippen LogP contribution < -0.4 is 11.1 Å². The van der Waals surface area contributed by atoms with E-state index < -0.39 is 22.7 Å². The molecule has 0 bridgehead atoms. The van der Waals surface area contributed by atoms with Crippen LogP contribution in [-0.2, 0) is 9.53 Å². The van der Waals surface area contributed by atoms with E-state index in [0.717, 1.165) is 28.3 Å². The number of carbonyl (C=O) groups is 3. The molecule has 11 heteroatoms. The molecule has 0 unspecified atom stereocenters. The number of hydrogen-bond acceptors (Lipinski definition) is 8. The maximum atomic E-state index is 12.4. The summed E-state index contributed by atoms with van der Waals surface area (Å²) in [6.45, 7) is 5.50. The van der Waals surface area contributed by atoms with Gasteiger partial charge in [-0.25, -0.2) is 4.79 Å². The number of carbonyl (C=O) groups excluding carboxylic acids is 3. The van der Waals surface area contributed by atoms with Crippen molar-refractivity contribution in [2.75, 3.05) is 17.7 Å². The molecule has 2 amide bonds. The van der Waals surface area contributed by atoms with E-state index in [1.807, 2.05) is 6.92 Å². The second-order valence-electron chi connectivity index (χ2n) is 5.85. The molecule has 1 heterocycles. The maximum Gasteiger partial charge on any atom is 0.341 e. The van der Waals surface area contributed by atoms with Crippen molar-refractivity contribution in [3.63, 3.8) is 0 Å². The van der Waals surface area contributed by atoms with Gasteiger partial charge in [-0.15, -0.1) is 23.1 Å². The van der Waals surface area contributed by atoms with E-state index in [9.17, 15) is 24.5 Å². The zero-order chi connectivity index (χ0) is 21.7. The lowest BCUT2D eigenvalue weighted by molar-refractivity contribution is -0.387. The minimum Gasteiger partial charge on any atom is -0.462 e. The largest absolute Gasteiger partial charge is 0.462 e. The minimum absolute atomic E-state index is 0.00844. The number of rotatable bonds is 8. The number of esters is 1. The highest BCUT2D eigenvalue weighted by Crippen LogP contribution is 2.34. The summed E-state index contributed by atoms with van der Waals surface area (Å²) >= 11 is 2.20. The van der Waals surface area contributed by atoms with Gasteiger partial charge in [-0.3, -0.25) is 19.7 Å². The fourth-order valence-electron chi connectivity index (χ4n) is 2.41. The fourth-order valence-corrected chi connectivity index (χ4v) is 4.27. The summed E-state index contributed by atoms with van der Waals surface area (Å²) < 4.78 is 5.04. The summed E-state index contributed by atoms with van der Waals surface area (Å²) in [7, 11) is 0. The number of aryl methyl sites for hydroxylation is 1. The average molecular weight is 437 g/mol.